The van der Waals surface area contributed by atoms with Crippen molar-refractivity contribution < 1.29 is 0 Å². The van der Waals surface area contributed by atoms with E-state index in [4.69, 9.17) is 0 Å². The van der Waals surface area contributed by atoms with E-state index < -0.39 is 0 Å². The number of rotatable bonds is 7. The highest BCUT2D eigenvalue weighted by Gasteiger charge is 2.07. The van der Waals surface area contributed by atoms with Crippen molar-refractivity contribution in [3.8, 4) is 0 Å². The van der Waals surface area contributed by atoms with Crippen LogP contribution in [0.25, 0.3) is 0 Å². The Morgan fingerprint density at radius 2 is 2.00 bits per heavy atom. The first kappa shape index (κ1) is 15.6. The summed E-state index contributed by atoms with van der Waals surface area (Å²) in [5, 5.41) is 6.76. The van der Waals surface area contributed by atoms with Crippen LogP contribution in [0.2, 0.25) is 0 Å². The highest BCUT2D eigenvalue weighted by atomic mass is 32.1. The quantitative estimate of drug-likeness (QED) is 0.846. The zero-order chi connectivity index (χ0) is 14.5. The van der Waals surface area contributed by atoms with Crippen LogP contribution < -0.4 is 5.32 Å². The van der Waals surface area contributed by atoms with E-state index >= 15 is 0 Å². The Balaban J connectivity index is 1.83. The summed E-state index contributed by atoms with van der Waals surface area (Å²) in [6.45, 7) is 9.29. The number of aromatic nitrogens is 1. The maximum Gasteiger partial charge on any atom is 0.0897 e. The standard InChI is InChI=1S/C15H23N3S2/c1-11(2)16-7-14-5-6-15(20-14)9-18(4)8-13-10-19-12(3)17-13/h5-6,10-11,16H,7-9H2,1-4H3. The first-order valence-electron chi connectivity index (χ1n) is 6.93. The van der Waals surface area contributed by atoms with Crippen molar-refractivity contribution in [2.45, 2.75) is 46.4 Å². The van der Waals surface area contributed by atoms with Crippen LogP contribution in [0.15, 0.2) is 17.5 Å². The van der Waals surface area contributed by atoms with Gasteiger partial charge in [0.25, 0.3) is 0 Å². The van der Waals surface area contributed by atoms with Gasteiger partial charge in [0.2, 0.25) is 0 Å². The third kappa shape index (κ3) is 4.98. The number of hydrogen-bond acceptors (Lipinski definition) is 5. The molecule has 0 aromatic carbocycles. The fourth-order valence-electron chi connectivity index (χ4n) is 1.99. The summed E-state index contributed by atoms with van der Waals surface area (Å²) >= 11 is 3.62. The molecule has 0 fully saturated rings. The number of thiophene rings is 1. The zero-order valence-corrected chi connectivity index (χ0v) is 14.3. The van der Waals surface area contributed by atoms with E-state index in [1.807, 2.05) is 11.3 Å². The third-order valence-corrected chi connectivity index (χ3v) is 4.82. The van der Waals surface area contributed by atoms with E-state index in [0.29, 0.717) is 6.04 Å². The molecule has 3 nitrogen and oxygen atoms in total. The lowest BCUT2D eigenvalue weighted by Gasteiger charge is -2.13. The molecule has 20 heavy (non-hydrogen) atoms. The molecule has 2 aromatic heterocycles. The van der Waals surface area contributed by atoms with Gasteiger partial charge >= 0.3 is 0 Å². The van der Waals surface area contributed by atoms with Gasteiger partial charge in [-0.25, -0.2) is 4.98 Å². The minimum atomic E-state index is 0.538. The summed E-state index contributed by atoms with van der Waals surface area (Å²) < 4.78 is 0. The molecular formula is C15H23N3S2. The molecule has 2 heterocycles. The molecule has 2 aromatic rings. The van der Waals surface area contributed by atoms with Crippen LogP contribution in [0.1, 0.15) is 34.3 Å². The third-order valence-electron chi connectivity index (χ3n) is 2.93. The summed E-state index contributed by atoms with van der Waals surface area (Å²) in [6, 6.07) is 5.01. The molecule has 0 bridgehead atoms. The van der Waals surface area contributed by atoms with Gasteiger partial charge < -0.3 is 5.32 Å². The van der Waals surface area contributed by atoms with Crippen molar-refractivity contribution in [1.82, 2.24) is 15.2 Å². The molecule has 0 amide bonds. The number of hydrogen-bond donors (Lipinski definition) is 1. The fraction of sp³-hybridized carbons (Fsp3) is 0.533. The van der Waals surface area contributed by atoms with Gasteiger partial charge in [0, 0.05) is 40.8 Å². The molecule has 0 unspecified atom stereocenters. The minimum absolute atomic E-state index is 0.538. The topological polar surface area (TPSA) is 28.2 Å². The van der Waals surface area contributed by atoms with Crippen LogP contribution in [0.5, 0.6) is 0 Å². The van der Waals surface area contributed by atoms with Crippen LogP contribution in [0.3, 0.4) is 0 Å². The molecule has 0 saturated carbocycles. The number of nitrogens with one attached hydrogen (secondary N) is 1. The summed E-state index contributed by atoms with van der Waals surface area (Å²) in [6.07, 6.45) is 0. The molecule has 0 spiro atoms. The Morgan fingerprint density at radius 3 is 2.65 bits per heavy atom. The van der Waals surface area contributed by atoms with Crippen LogP contribution in [-0.4, -0.2) is 23.0 Å². The molecule has 0 aliphatic rings. The SMILES string of the molecule is Cc1nc(CN(C)Cc2ccc(CNC(C)C)s2)cs1. The Kier molecular flexibility index (Phi) is 5.72. The molecule has 2 rings (SSSR count). The Morgan fingerprint density at radius 1 is 1.25 bits per heavy atom. The van der Waals surface area contributed by atoms with Crippen LogP contribution in [0.4, 0.5) is 0 Å². The molecule has 0 radical (unpaired) electrons. The Labute approximate surface area is 129 Å². The average molecular weight is 310 g/mol. The van der Waals surface area contributed by atoms with Crippen molar-refractivity contribution in [3.63, 3.8) is 0 Å². The van der Waals surface area contributed by atoms with Gasteiger partial charge in [-0.2, -0.15) is 0 Å². The van der Waals surface area contributed by atoms with Gasteiger partial charge in [-0.05, 0) is 26.1 Å². The van der Waals surface area contributed by atoms with Gasteiger partial charge in [0.15, 0.2) is 0 Å². The molecule has 0 atom stereocenters. The van der Waals surface area contributed by atoms with Crippen LogP contribution >= 0.6 is 22.7 Å². The lowest BCUT2D eigenvalue weighted by atomic mass is 10.3. The predicted octanol–water partition coefficient (Wildman–Crippen LogP) is 3.64. The van der Waals surface area contributed by atoms with E-state index in [9.17, 15) is 0 Å². The van der Waals surface area contributed by atoms with E-state index in [-0.39, 0.29) is 0 Å². The number of nitrogens with zero attached hydrogens (tertiary/aromatic N) is 2. The van der Waals surface area contributed by atoms with Gasteiger partial charge in [-0.15, -0.1) is 22.7 Å². The van der Waals surface area contributed by atoms with Gasteiger partial charge in [-0.1, -0.05) is 13.8 Å². The Bertz CT molecular complexity index is 531. The van der Waals surface area contributed by atoms with E-state index in [2.05, 4.69) is 60.5 Å². The maximum atomic E-state index is 4.52. The second-order valence-corrected chi connectivity index (χ2v) is 7.75. The monoisotopic (exact) mass is 309 g/mol. The first-order chi connectivity index (χ1) is 9.52. The summed E-state index contributed by atoms with van der Waals surface area (Å²) in [5.74, 6) is 0. The van der Waals surface area contributed by atoms with Crippen LogP contribution in [-0.2, 0) is 19.6 Å². The fourth-order valence-corrected chi connectivity index (χ4v) is 3.64. The first-order valence-corrected chi connectivity index (χ1v) is 8.63. The summed E-state index contributed by atoms with van der Waals surface area (Å²) in [4.78, 5) is 9.66. The van der Waals surface area contributed by atoms with Crippen molar-refractivity contribution >= 4 is 22.7 Å². The lowest BCUT2D eigenvalue weighted by Crippen LogP contribution is -2.21. The number of thiazole rings is 1. The van der Waals surface area contributed by atoms with Crippen molar-refractivity contribution in [1.29, 1.82) is 0 Å². The highest BCUT2D eigenvalue weighted by molar-refractivity contribution is 7.12. The summed E-state index contributed by atoms with van der Waals surface area (Å²) in [7, 11) is 2.15. The Hall–Kier alpha value is -0.750. The summed E-state index contributed by atoms with van der Waals surface area (Å²) in [5.41, 5.74) is 1.17. The van der Waals surface area contributed by atoms with Crippen molar-refractivity contribution in [3.05, 3.63) is 38.0 Å². The van der Waals surface area contributed by atoms with Crippen molar-refractivity contribution in [2.24, 2.45) is 0 Å². The zero-order valence-electron chi connectivity index (χ0n) is 12.6. The minimum Gasteiger partial charge on any atom is -0.310 e. The highest BCUT2D eigenvalue weighted by Crippen LogP contribution is 2.19. The largest absolute Gasteiger partial charge is 0.310 e. The maximum absolute atomic E-state index is 4.52. The van der Waals surface area contributed by atoms with Gasteiger partial charge in [0.1, 0.15) is 0 Å². The van der Waals surface area contributed by atoms with Crippen LogP contribution in [0, 0.1) is 6.92 Å². The second-order valence-electron chi connectivity index (χ2n) is 5.43. The lowest BCUT2D eigenvalue weighted by molar-refractivity contribution is 0.318. The molecular weight excluding hydrogens is 286 g/mol. The number of aryl methyl sites for hydroxylation is 1. The molecule has 0 aliphatic heterocycles. The average Bonchev–Trinajstić information content (AvgIpc) is 2.96. The van der Waals surface area contributed by atoms with Gasteiger partial charge in [-0.3, -0.25) is 4.90 Å². The van der Waals surface area contributed by atoms with E-state index in [1.165, 1.54) is 15.4 Å². The van der Waals surface area contributed by atoms with Gasteiger partial charge in [0.05, 0.1) is 10.7 Å². The molecule has 1 N–H and O–H groups in total. The van der Waals surface area contributed by atoms with E-state index in [0.717, 1.165) is 24.6 Å². The van der Waals surface area contributed by atoms with Crippen molar-refractivity contribution in [2.75, 3.05) is 7.05 Å². The van der Waals surface area contributed by atoms with E-state index in [1.54, 1.807) is 11.3 Å². The molecule has 0 aliphatic carbocycles. The molecule has 0 saturated heterocycles. The smallest absolute Gasteiger partial charge is 0.0897 e. The molecule has 110 valence electrons. The normalized spacial score (nSPS) is 11.7. The second kappa shape index (κ2) is 7.31. The predicted molar refractivity (Wildman–Crippen MR) is 88.3 cm³/mol. The molecule has 5 heteroatoms.